The fraction of sp³-hybridized carbons (Fsp3) is 0.455. The van der Waals surface area contributed by atoms with Crippen LogP contribution in [0.4, 0.5) is 11.6 Å². The smallest absolute Gasteiger partial charge is 0.163 e. The van der Waals surface area contributed by atoms with Crippen LogP contribution in [0.25, 0.3) is 5.65 Å². The molecule has 1 aliphatic rings. The topological polar surface area (TPSA) is 94.3 Å². The van der Waals surface area contributed by atoms with E-state index in [2.05, 4.69) is 15.4 Å². The van der Waals surface area contributed by atoms with Gasteiger partial charge in [0.25, 0.3) is 0 Å². The molecule has 2 aromatic heterocycles. The lowest BCUT2D eigenvalue weighted by molar-refractivity contribution is 0.828. The fourth-order valence-corrected chi connectivity index (χ4v) is 2.36. The number of fused-ring (bicyclic) bond motifs is 3. The number of nitrogens with two attached hydrogens (primary N) is 2. The van der Waals surface area contributed by atoms with Crippen LogP contribution in [0.15, 0.2) is 0 Å². The summed E-state index contributed by atoms with van der Waals surface area (Å²) in [5, 5.41) is 7.74. The summed E-state index contributed by atoms with van der Waals surface area (Å²) in [6.45, 7) is 3.28. The van der Waals surface area contributed by atoms with Crippen LogP contribution in [-0.2, 0) is 13.0 Å². The largest absolute Gasteiger partial charge is 0.383 e. The predicted octanol–water partition coefficient (Wildman–Crippen LogP) is 0.437. The van der Waals surface area contributed by atoms with Gasteiger partial charge in [-0.05, 0) is 19.8 Å². The first kappa shape index (κ1) is 10.3. The monoisotopic (exact) mass is 232 g/mol. The molecule has 0 aliphatic carbocycles. The van der Waals surface area contributed by atoms with Gasteiger partial charge in [-0.25, -0.2) is 4.98 Å². The summed E-state index contributed by atoms with van der Waals surface area (Å²) in [5.74, 6) is 1.51. The minimum absolute atomic E-state index is 0.387. The van der Waals surface area contributed by atoms with Crippen molar-refractivity contribution in [3.8, 4) is 0 Å². The summed E-state index contributed by atoms with van der Waals surface area (Å²) in [5.41, 5.74) is 15.6. The van der Waals surface area contributed by atoms with Crippen molar-refractivity contribution in [1.29, 1.82) is 0 Å². The average Bonchev–Trinajstić information content (AvgIpc) is 2.69. The molecule has 3 rings (SSSR count). The Morgan fingerprint density at radius 3 is 3.06 bits per heavy atom. The summed E-state index contributed by atoms with van der Waals surface area (Å²) in [4.78, 5) is 4.58. The average molecular weight is 232 g/mol. The van der Waals surface area contributed by atoms with E-state index >= 15 is 0 Å². The van der Waals surface area contributed by atoms with Gasteiger partial charge in [0, 0.05) is 29.9 Å². The third kappa shape index (κ3) is 1.37. The minimum Gasteiger partial charge on any atom is -0.383 e. The van der Waals surface area contributed by atoms with E-state index in [-0.39, 0.29) is 0 Å². The van der Waals surface area contributed by atoms with Gasteiger partial charge < -0.3 is 16.8 Å². The molecule has 0 spiro atoms. The molecule has 0 aromatic carbocycles. The van der Waals surface area contributed by atoms with Gasteiger partial charge in [0.1, 0.15) is 5.82 Å². The molecule has 1 aliphatic heterocycles. The van der Waals surface area contributed by atoms with Crippen LogP contribution in [0.1, 0.15) is 23.2 Å². The van der Waals surface area contributed by atoms with E-state index in [1.165, 1.54) is 0 Å². The van der Waals surface area contributed by atoms with Gasteiger partial charge in [0.2, 0.25) is 0 Å². The van der Waals surface area contributed by atoms with Crippen LogP contribution in [-0.4, -0.2) is 21.1 Å². The zero-order valence-corrected chi connectivity index (χ0v) is 9.82. The van der Waals surface area contributed by atoms with Crippen molar-refractivity contribution in [2.24, 2.45) is 5.73 Å². The van der Waals surface area contributed by atoms with E-state index in [0.29, 0.717) is 12.4 Å². The third-order valence-electron chi connectivity index (χ3n) is 3.30. The highest BCUT2D eigenvalue weighted by molar-refractivity contribution is 5.66. The number of nitrogen functional groups attached to an aromatic ring is 1. The fourth-order valence-electron chi connectivity index (χ4n) is 2.36. The predicted molar refractivity (Wildman–Crippen MR) is 66.8 cm³/mol. The maximum atomic E-state index is 6.10. The number of hydrogen-bond acceptors (Lipinski definition) is 5. The van der Waals surface area contributed by atoms with Crippen LogP contribution < -0.4 is 16.8 Å². The van der Waals surface area contributed by atoms with Crippen molar-refractivity contribution in [2.75, 3.05) is 17.6 Å². The number of nitrogens with zero attached hydrogens (tertiary/aromatic N) is 3. The molecule has 0 saturated carbocycles. The Hall–Kier alpha value is -1.82. The van der Waals surface area contributed by atoms with E-state index in [9.17, 15) is 0 Å². The Morgan fingerprint density at radius 2 is 2.29 bits per heavy atom. The molecule has 0 bridgehead atoms. The SMILES string of the molecule is Cc1nc2c3c(nn2c(N)c1CN)NCCC3. The second kappa shape index (κ2) is 3.59. The second-order valence-electron chi connectivity index (χ2n) is 4.36. The highest BCUT2D eigenvalue weighted by atomic mass is 15.3. The lowest BCUT2D eigenvalue weighted by Gasteiger charge is -2.11. The van der Waals surface area contributed by atoms with Gasteiger partial charge >= 0.3 is 0 Å². The van der Waals surface area contributed by atoms with E-state index < -0.39 is 0 Å². The molecule has 0 atom stereocenters. The van der Waals surface area contributed by atoms with Gasteiger partial charge in [0.15, 0.2) is 11.5 Å². The summed E-state index contributed by atoms with van der Waals surface area (Å²) in [6.07, 6.45) is 2.10. The Balaban J connectivity index is 2.34. The van der Waals surface area contributed by atoms with Gasteiger partial charge in [-0.2, -0.15) is 4.52 Å². The number of aryl methyl sites for hydroxylation is 2. The first-order chi connectivity index (χ1) is 8.22. The number of nitrogens with one attached hydrogen (secondary N) is 1. The number of aromatic nitrogens is 3. The number of rotatable bonds is 1. The Labute approximate surface area is 99.0 Å². The molecule has 0 unspecified atom stereocenters. The van der Waals surface area contributed by atoms with Crippen LogP contribution >= 0.6 is 0 Å². The molecule has 0 radical (unpaired) electrons. The van der Waals surface area contributed by atoms with E-state index in [0.717, 1.165) is 47.7 Å². The molecule has 3 heterocycles. The normalized spacial score (nSPS) is 14.7. The Kier molecular flexibility index (Phi) is 2.19. The summed E-state index contributed by atoms with van der Waals surface area (Å²) in [7, 11) is 0. The quantitative estimate of drug-likeness (QED) is 0.663. The number of anilines is 2. The van der Waals surface area contributed by atoms with E-state index in [1.54, 1.807) is 4.52 Å². The van der Waals surface area contributed by atoms with Crippen molar-refractivity contribution >= 4 is 17.3 Å². The van der Waals surface area contributed by atoms with Crippen LogP contribution in [0.2, 0.25) is 0 Å². The number of hydrogen-bond donors (Lipinski definition) is 3. The van der Waals surface area contributed by atoms with Crippen LogP contribution in [0, 0.1) is 6.92 Å². The molecule has 2 aromatic rings. The first-order valence-corrected chi connectivity index (χ1v) is 5.83. The zero-order valence-electron chi connectivity index (χ0n) is 9.82. The molecule has 0 fully saturated rings. The second-order valence-corrected chi connectivity index (χ2v) is 4.36. The van der Waals surface area contributed by atoms with Crippen molar-refractivity contribution in [2.45, 2.75) is 26.3 Å². The van der Waals surface area contributed by atoms with Crippen LogP contribution in [0.5, 0.6) is 0 Å². The molecule has 17 heavy (non-hydrogen) atoms. The van der Waals surface area contributed by atoms with Gasteiger partial charge in [-0.3, -0.25) is 0 Å². The van der Waals surface area contributed by atoms with Gasteiger partial charge in [0.05, 0.1) is 0 Å². The highest BCUT2D eigenvalue weighted by Gasteiger charge is 2.20. The third-order valence-corrected chi connectivity index (χ3v) is 3.30. The van der Waals surface area contributed by atoms with Gasteiger partial charge in [-0.1, -0.05) is 0 Å². The molecule has 6 heteroatoms. The van der Waals surface area contributed by atoms with Crippen molar-refractivity contribution < 1.29 is 0 Å². The molecular formula is C11H16N6. The molecule has 5 N–H and O–H groups in total. The van der Waals surface area contributed by atoms with Crippen LogP contribution in [0.3, 0.4) is 0 Å². The first-order valence-electron chi connectivity index (χ1n) is 5.83. The summed E-state index contributed by atoms with van der Waals surface area (Å²) >= 11 is 0. The van der Waals surface area contributed by atoms with Crippen molar-refractivity contribution in [3.05, 3.63) is 16.8 Å². The summed E-state index contributed by atoms with van der Waals surface area (Å²) < 4.78 is 1.71. The van der Waals surface area contributed by atoms with E-state index in [4.69, 9.17) is 11.5 Å². The maximum Gasteiger partial charge on any atom is 0.163 e. The Bertz CT molecular complexity index is 585. The van der Waals surface area contributed by atoms with Crippen molar-refractivity contribution in [1.82, 2.24) is 14.6 Å². The van der Waals surface area contributed by atoms with Gasteiger partial charge in [-0.15, -0.1) is 5.10 Å². The molecule has 0 saturated heterocycles. The lowest BCUT2D eigenvalue weighted by Crippen LogP contribution is -2.11. The molecule has 90 valence electrons. The zero-order chi connectivity index (χ0) is 12.0. The van der Waals surface area contributed by atoms with Crippen molar-refractivity contribution in [3.63, 3.8) is 0 Å². The molecule has 6 nitrogen and oxygen atoms in total. The standard InChI is InChI=1S/C11H16N6/c1-6-8(5-12)9(13)17-11(15-6)7-3-2-4-14-10(7)16-17/h2-5,12-13H2,1H3,(H,14,16). The lowest BCUT2D eigenvalue weighted by atomic mass is 10.1. The molecule has 0 amide bonds. The maximum absolute atomic E-state index is 6.10. The minimum atomic E-state index is 0.387. The van der Waals surface area contributed by atoms with E-state index in [1.807, 2.05) is 6.92 Å². The summed E-state index contributed by atoms with van der Waals surface area (Å²) in [6, 6.07) is 0. The Morgan fingerprint density at radius 1 is 1.47 bits per heavy atom. The highest BCUT2D eigenvalue weighted by Crippen LogP contribution is 2.27. The molecular weight excluding hydrogens is 216 g/mol.